The van der Waals surface area contributed by atoms with Gasteiger partial charge in [-0.05, 0) is 42.5 Å². The van der Waals surface area contributed by atoms with Crippen LogP contribution in [0.3, 0.4) is 0 Å². The second-order valence-electron chi connectivity index (χ2n) is 3.78. The first kappa shape index (κ1) is 13.0. The van der Waals surface area contributed by atoms with Crippen molar-refractivity contribution in [3.8, 4) is 11.5 Å². The number of hydrogen-bond acceptors (Lipinski definition) is 4. The Bertz CT molecular complexity index is 582. The van der Waals surface area contributed by atoms with Crippen LogP contribution in [0.25, 0.3) is 6.08 Å². The fraction of sp³-hybridized carbons (Fsp3) is 0.133. The summed E-state index contributed by atoms with van der Waals surface area (Å²) in [5, 5.41) is 0. The maximum Gasteiger partial charge on any atom is 0.186 e. The first-order valence-corrected chi connectivity index (χ1v) is 5.72. The summed E-state index contributed by atoms with van der Waals surface area (Å²) in [5.74, 6) is 1.62. The Kier molecular flexibility index (Phi) is 4.03. The Hall–Kier alpha value is -2.49. The van der Waals surface area contributed by atoms with E-state index in [0.29, 0.717) is 22.8 Å². The number of furan rings is 1. The lowest BCUT2D eigenvalue weighted by Gasteiger charge is -2.07. The molecular formula is C15H14O4. The van der Waals surface area contributed by atoms with Gasteiger partial charge in [0.1, 0.15) is 5.76 Å². The Balaban J connectivity index is 2.19. The Morgan fingerprint density at radius 2 is 1.95 bits per heavy atom. The standard InChI is InChI=1S/C15H14O4/c1-17-14-8-5-11(10-15(14)18-2)13(16)7-6-12-4-3-9-19-12/h3-10H,1-2H3. The SMILES string of the molecule is COc1ccc(C(=O)C=Cc2ccco2)cc1OC. The van der Waals surface area contributed by atoms with Gasteiger partial charge < -0.3 is 13.9 Å². The molecule has 0 fully saturated rings. The minimum Gasteiger partial charge on any atom is -0.493 e. The van der Waals surface area contributed by atoms with Crippen LogP contribution in [0.5, 0.6) is 11.5 Å². The van der Waals surface area contributed by atoms with Crippen LogP contribution in [0.4, 0.5) is 0 Å². The van der Waals surface area contributed by atoms with Crippen molar-refractivity contribution in [2.75, 3.05) is 14.2 Å². The van der Waals surface area contributed by atoms with Crippen LogP contribution in [-0.4, -0.2) is 20.0 Å². The van der Waals surface area contributed by atoms with Gasteiger partial charge in [0, 0.05) is 5.56 Å². The van der Waals surface area contributed by atoms with E-state index < -0.39 is 0 Å². The van der Waals surface area contributed by atoms with Gasteiger partial charge in [-0.25, -0.2) is 0 Å². The van der Waals surface area contributed by atoms with Gasteiger partial charge in [0.15, 0.2) is 17.3 Å². The maximum atomic E-state index is 12.0. The quantitative estimate of drug-likeness (QED) is 0.610. The van der Waals surface area contributed by atoms with Crippen molar-refractivity contribution in [2.24, 2.45) is 0 Å². The number of methoxy groups -OCH3 is 2. The fourth-order valence-electron chi connectivity index (χ4n) is 1.63. The minimum atomic E-state index is -0.127. The molecule has 4 heteroatoms. The number of allylic oxidation sites excluding steroid dienone is 1. The van der Waals surface area contributed by atoms with Crippen LogP contribution in [0.1, 0.15) is 16.1 Å². The fourth-order valence-corrected chi connectivity index (χ4v) is 1.63. The van der Waals surface area contributed by atoms with E-state index in [1.165, 1.54) is 13.2 Å². The zero-order chi connectivity index (χ0) is 13.7. The predicted octanol–water partition coefficient (Wildman–Crippen LogP) is 3.19. The Labute approximate surface area is 111 Å². The number of carbonyl (C=O) groups excluding carboxylic acids is 1. The van der Waals surface area contributed by atoms with Crippen molar-refractivity contribution in [3.05, 3.63) is 54.0 Å². The van der Waals surface area contributed by atoms with Gasteiger partial charge in [-0.1, -0.05) is 0 Å². The molecule has 19 heavy (non-hydrogen) atoms. The second kappa shape index (κ2) is 5.91. The summed E-state index contributed by atoms with van der Waals surface area (Å²) in [6.45, 7) is 0. The van der Waals surface area contributed by atoms with E-state index >= 15 is 0 Å². The van der Waals surface area contributed by atoms with Gasteiger partial charge in [-0.3, -0.25) is 4.79 Å². The summed E-state index contributed by atoms with van der Waals surface area (Å²) >= 11 is 0. The van der Waals surface area contributed by atoms with Gasteiger partial charge in [-0.2, -0.15) is 0 Å². The number of benzene rings is 1. The minimum absolute atomic E-state index is 0.127. The van der Waals surface area contributed by atoms with Crippen molar-refractivity contribution < 1.29 is 18.7 Å². The van der Waals surface area contributed by atoms with Crippen LogP contribution in [-0.2, 0) is 0 Å². The van der Waals surface area contributed by atoms with Crippen LogP contribution < -0.4 is 9.47 Å². The van der Waals surface area contributed by atoms with Crippen molar-refractivity contribution >= 4 is 11.9 Å². The lowest BCUT2D eigenvalue weighted by Crippen LogP contribution is -1.97. The molecule has 1 aromatic heterocycles. The third-order valence-electron chi connectivity index (χ3n) is 2.61. The average molecular weight is 258 g/mol. The zero-order valence-corrected chi connectivity index (χ0v) is 10.8. The third-order valence-corrected chi connectivity index (χ3v) is 2.61. The molecule has 0 radical (unpaired) electrons. The van der Waals surface area contributed by atoms with Gasteiger partial charge >= 0.3 is 0 Å². The lowest BCUT2D eigenvalue weighted by molar-refractivity contribution is 0.104. The highest BCUT2D eigenvalue weighted by molar-refractivity contribution is 6.07. The number of carbonyl (C=O) groups is 1. The number of ketones is 1. The molecule has 0 bridgehead atoms. The van der Waals surface area contributed by atoms with Crippen LogP contribution >= 0.6 is 0 Å². The summed E-state index contributed by atoms with van der Waals surface area (Å²) in [6, 6.07) is 8.58. The van der Waals surface area contributed by atoms with Crippen molar-refractivity contribution in [3.63, 3.8) is 0 Å². The van der Waals surface area contributed by atoms with Gasteiger partial charge in [0.05, 0.1) is 20.5 Å². The molecule has 4 nitrogen and oxygen atoms in total. The topological polar surface area (TPSA) is 48.7 Å². The molecule has 98 valence electrons. The third kappa shape index (κ3) is 3.04. The van der Waals surface area contributed by atoms with E-state index in [2.05, 4.69) is 0 Å². The molecule has 0 spiro atoms. The molecule has 0 aliphatic rings. The summed E-state index contributed by atoms with van der Waals surface area (Å²) in [6.07, 6.45) is 4.64. The largest absolute Gasteiger partial charge is 0.493 e. The van der Waals surface area contributed by atoms with Crippen LogP contribution in [0.2, 0.25) is 0 Å². The van der Waals surface area contributed by atoms with Crippen LogP contribution in [0.15, 0.2) is 47.1 Å². The first-order valence-electron chi connectivity index (χ1n) is 5.72. The zero-order valence-electron chi connectivity index (χ0n) is 10.8. The molecule has 2 aromatic rings. The van der Waals surface area contributed by atoms with E-state index in [9.17, 15) is 4.79 Å². The molecule has 0 unspecified atom stereocenters. The Morgan fingerprint density at radius 1 is 1.16 bits per heavy atom. The summed E-state index contributed by atoms with van der Waals surface area (Å²) in [7, 11) is 3.08. The second-order valence-corrected chi connectivity index (χ2v) is 3.78. The summed E-state index contributed by atoms with van der Waals surface area (Å²) < 4.78 is 15.4. The van der Waals surface area contributed by atoms with Gasteiger partial charge in [-0.15, -0.1) is 0 Å². The molecule has 1 aromatic carbocycles. The molecule has 0 saturated heterocycles. The first-order chi connectivity index (χ1) is 9.24. The van der Waals surface area contributed by atoms with Crippen molar-refractivity contribution in [2.45, 2.75) is 0 Å². The highest BCUT2D eigenvalue weighted by Crippen LogP contribution is 2.27. The van der Waals surface area contributed by atoms with Crippen molar-refractivity contribution in [1.82, 2.24) is 0 Å². The molecule has 1 heterocycles. The molecule has 0 amide bonds. The lowest BCUT2D eigenvalue weighted by atomic mass is 10.1. The smallest absolute Gasteiger partial charge is 0.186 e. The number of ether oxygens (including phenoxy) is 2. The average Bonchev–Trinajstić information content (AvgIpc) is 2.97. The van der Waals surface area contributed by atoms with E-state index in [1.54, 1.807) is 49.8 Å². The van der Waals surface area contributed by atoms with E-state index in [4.69, 9.17) is 13.9 Å². The molecule has 0 saturated carbocycles. The van der Waals surface area contributed by atoms with E-state index in [0.717, 1.165) is 0 Å². The Morgan fingerprint density at radius 3 is 2.58 bits per heavy atom. The highest BCUT2D eigenvalue weighted by atomic mass is 16.5. The molecule has 0 aliphatic heterocycles. The van der Waals surface area contributed by atoms with E-state index in [1.807, 2.05) is 0 Å². The summed E-state index contributed by atoms with van der Waals surface area (Å²) in [4.78, 5) is 12.0. The summed E-state index contributed by atoms with van der Waals surface area (Å²) in [5.41, 5.74) is 0.528. The molecule has 2 rings (SSSR count). The van der Waals surface area contributed by atoms with Gasteiger partial charge in [0.2, 0.25) is 0 Å². The molecule has 0 atom stereocenters. The monoisotopic (exact) mass is 258 g/mol. The maximum absolute atomic E-state index is 12.0. The van der Waals surface area contributed by atoms with E-state index in [-0.39, 0.29) is 5.78 Å². The van der Waals surface area contributed by atoms with Gasteiger partial charge in [0.25, 0.3) is 0 Å². The number of hydrogen-bond donors (Lipinski definition) is 0. The molecule has 0 aliphatic carbocycles. The van der Waals surface area contributed by atoms with Crippen molar-refractivity contribution in [1.29, 1.82) is 0 Å². The van der Waals surface area contributed by atoms with Crippen LogP contribution in [0, 0.1) is 0 Å². The number of rotatable bonds is 5. The predicted molar refractivity (Wildman–Crippen MR) is 71.6 cm³/mol. The molecule has 0 N–H and O–H groups in total. The highest BCUT2D eigenvalue weighted by Gasteiger charge is 2.08. The normalized spacial score (nSPS) is 10.6. The molecular weight excluding hydrogens is 244 g/mol.